The monoisotopic (exact) mass is 1940 g/mol. The Morgan fingerprint density at radius 1 is 0.397 bits per heavy atom. The van der Waals surface area contributed by atoms with Gasteiger partial charge >= 0.3 is 0 Å². The van der Waals surface area contributed by atoms with E-state index in [2.05, 4.69) is 331 Å². The van der Waals surface area contributed by atoms with Crippen molar-refractivity contribution in [1.29, 1.82) is 0 Å². The molecule has 7 heterocycles. The van der Waals surface area contributed by atoms with Crippen LogP contribution in [0.1, 0.15) is 246 Å². The summed E-state index contributed by atoms with van der Waals surface area (Å²) in [6, 6.07) is 72.3. The SMILES string of the molecule is CC(C)(C)Cc1c(F)cc(-c2ccccc2)c(O)c1F.CC(C)(C)Cc1ccc(-c2ccoc2)cc1.CC(C)(C)Cc1ccc(-c2ncco2)cc1.CCc1nc(-c2ccc(CC(C)(C)C)cc2)cs1.CCn1ccc(-c2ccc(CC(C)(C)C)cc2)n1.Cc1ccc(-c2cc(F)c(CC(C)(C)C)cc2O)o1.Cc1cnn(-c2ccc(CC(C)(C)C)cc2)n1.Cc1nc(-c2ccc(CC(C)(C)C)cc2)cs1. The number of thiazole rings is 2. The third kappa shape index (κ3) is 39.3. The molecule has 0 saturated carbocycles. The zero-order valence-corrected chi connectivity index (χ0v) is 90.8. The largest absolute Gasteiger partial charge is 0.507 e. The molecule has 13 nitrogen and oxygen atoms in total. The molecule has 748 valence electrons. The van der Waals surface area contributed by atoms with E-state index in [-0.39, 0.29) is 39.9 Å². The second-order valence-corrected chi connectivity index (χ2v) is 48.3. The van der Waals surface area contributed by atoms with Gasteiger partial charge in [-0.25, -0.2) is 28.1 Å². The highest BCUT2D eigenvalue weighted by Gasteiger charge is 2.26. The van der Waals surface area contributed by atoms with E-state index < -0.39 is 17.4 Å². The zero-order chi connectivity index (χ0) is 104. The van der Waals surface area contributed by atoms with Gasteiger partial charge in [0.25, 0.3) is 0 Å². The number of aryl methyl sites for hydroxylation is 5. The van der Waals surface area contributed by atoms with Gasteiger partial charge in [0.15, 0.2) is 11.6 Å². The van der Waals surface area contributed by atoms with E-state index in [0.29, 0.717) is 67.3 Å². The molecule has 0 spiro atoms. The number of oxazole rings is 1. The molecule has 0 radical (unpaired) electrons. The highest BCUT2D eigenvalue weighted by molar-refractivity contribution is 7.10. The number of halogens is 3. The van der Waals surface area contributed by atoms with Crippen LogP contribution < -0.4 is 0 Å². The number of benzene rings is 9. The maximum absolute atomic E-state index is 14.2. The zero-order valence-electron chi connectivity index (χ0n) is 89.1. The quantitative estimate of drug-likeness (QED) is 0.0839. The average molecular weight is 1940 g/mol. The molecular weight excluding hydrogens is 1790 g/mol. The lowest BCUT2D eigenvalue weighted by atomic mass is 9.86. The number of hydrogen-bond donors (Lipinski definition) is 2. The van der Waals surface area contributed by atoms with Crippen LogP contribution in [0.25, 0.3) is 84.5 Å². The topological polar surface area (TPSA) is 167 Å². The maximum Gasteiger partial charge on any atom is 0.225 e. The van der Waals surface area contributed by atoms with Gasteiger partial charge in [-0.3, -0.25) is 4.68 Å². The van der Waals surface area contributed by atoms with Crippen LogP contribution in [0, 0.1) is 81.5 Å². The number of hydrogen-bond acceptors (Lipinski definition) is 13. The van der Waals surface area contributed by atoms with Gasteiger partial charge in [0.05, 0.1) is 69.0 Å². The minimum atomic E-state index is -0.862. The van der Waals surface area contributed by atoms with Crippen LogP contribution in [0.2, 0.25) is 0 Å². The molecule has 0 unspecified atom stereocenters. The molecular formula is C123H153F3N8O5S2. The van der Waals surface area contributed by atoms with E-state index >= 15 is 0 Å². The lowest BCUT2D eigenvalue weighted by molar-refractivity contribution is 0.377. The van der Waals surface area contributed by atoms with Crippen molar-refractivity contribution in [3.05, 3.63) is 350 Å². The predicted molar refractivity (Wildman–Crippen MR) is 584 cm³/mol. The highest BCUT2D eigenvalue weighted by atomic mass is 32.1. The van der Waals surface area contributed by atoms with Crippen molar-refractivity contribution in [2.24, 2.45) is 43.3 Å². The summed E-state index contributed by atoms with van der Waals surface area (Å²) >= 11 is 3.45. The lowest BCUT2D eigenvalue weighted by Gasteiger charge is -2.20. The van der Waals surface area contributed by atoms with Crippen LogP contribution in [0.3, 0.4) is 0 Å². The van der Waals surface area contributed by atoms with Gasteiger partial charge in [-0.15, -0.1) is 22.7 Å². The summed E-state index contributed by atoms with van der Waals surface area (Å²) in [7, 11) is 0. The van der Waals surface area contributed by atoms with E-state index in [4.69, 9.17) is 13.3 Å². The molecule has 0 aliphatic carbocycles. The van der Waals surface area contributed by atoms with E-state index in [0.717, 1.165) is 102 Å². The van der Waals surface area contributed by atoms with Crippen molar-refractivity contribution >= 4 is 22.7 Å². The predicted octanol–water partition coefficient (Wildman–Crippen LogP) is 35.1. The molecule has 16 aromatic rings. The van der Waals surface area contributed by atoms with Crippen LogP contribution in [0.5, 0.6) is 11.5 Å². The van der Waals surface area contributed by atoms with Gasteiger partial charge in [-0.2, -0.15) is 20.1 Å². The second-order valence-electron chi connectivity index (χ2n) is 46.2. The number of furan rings is 2. The fraction of sp³-hybridized carbons (Fsp3) is 0.382. The summed E-state index contributed by atoms with van der Waals surface area (Å²) in [6.07, 6.45) is 19.0. The molecule has 141 heavy (non-hydrogen) atoms. The Balaban J connectivity index is 0.000000180. The molecule has 0 amide bonds. The molecule has 2 N–H and O–H groups in total. The molecule has 0 saturated heterocycles. The minimum Gasteiger partial charge on any atom is -0.507 e. The molecule has 0 bridgehead atoms. The number of aromatic nitrogens is 8. The lowest BCUT2D eigenvalue weighted by Crippen LogP contribution is -2.12. The van der Waals surface area contributed by atoms with Gasteiger partial charge in [-0.1, -0.05) is 325 Å². The molecule has 0 aliphatic rings. The third-order valence-corrected chi connectivity index (χ3v) is 23.5. The van der Waals surface area contributed by atoms with Crippen molar-refractivity contribution in [1.82, 2.24) is 39.7 Å². The van der Waals surface area contributed by atoms with Crippen LogP contribution in [-0.4, -0.2) is 49.9 Å². The molecule has 0 aliphatic heterocycles. The van der Waals surface area contributed by atoms with Crippen molar-refractivity contribution in [3.63, 3.8) is 0 Å². The van der Waals surface area contributed by atoms with E-state index in [1.165, 1.54) is 78.8 Å². The van der Waals surface area contributed by atoms with Crippen LogP contribution in [0.15, 0.2) is 280 Å². The first kappa shape index (κ1) is 112. The molecule has 0 fully saturated rings. The number of phenols is 2. The maximum atomic E-state index is 14.2. The number of nitrogens with zero attached hydrogens (tertiary/aromatic N) is 8. The smallest absolute Gasteiger partial charge is 0.225 e. The molecule has 0 atom stereocenters. The standard InChI is InChI=1S/C17H18F2O.C16H19FO2.C16H22N2.C16H21NS.C15H19NS.C15H18O.C14H19N3.C14H17NO/c1-17(2,3)10-13-14(18)9-12(16(20)15(13)19)11-7-5-4-6-8-11;1-10-5-6-15(19-10)12-8-13(17)11(7-14(12)18)9-16(2,3)4;1-5-18-11-10-15(17-18)14-8-6-13(7-9-14)12-16(2,3)4;1-5-15-17-14(11-18-15)13-8-6-12(7-9-13)10-16(2,3)4;1-11-16-14(10-17-11)13-7-5-12(6-8-13)9-15(2,3)4;1-15(2,3)10-12-4-6-13(7-5-12)14-8-9-16-11-14;1-11-10-15-17(16-11)13-7-5-12(6-8-13)9-14(2,3)4;1-14(2,3)10-11-4-6-12(7-5-11)13-15-8-9-16-13/h4-9,20H,10H2,1-3H3;5-8,18H,9H2,1-4H3;6-11H,5,12H2,1-4H3;6-9,11H,5,10H2,1-4H3;5-8,10H,9H2,1-4H3;4-9,11H,10H2,1-3H3;5-8,10H,9H2,1-4H3;4-9H,10H2,1-3H3. The summed E-state index contributed by atoms with van der Waals surface area (Å²) in [6.45, 7) is 63.5. The van der Waals surface area contributed by atoms with Gasteiger partial charge in [0.1, 0.15) is 35.2 Å². The number of aromatic hydroxyl groups is 2. The number of rotatable bonds is 18. The molecule has 18 heteroatoms. The fourth-order valence-corrected chi connectivity index (χ4v) is 17.1. The number of phenolic OH excluding ortho intramolecular Hbond substituents is 2. The Bertz CT molecular complexity index is 6150. The highest BCUT2D eigenvalue weighted by Crippen LogP contribution is 2.40. The van der Waals surface area contributed by atoms with Crippen molar-refractivity contribution < 1.29 is 36.6 Å². The Hall–Kier alpha value is -12.3. The Morgan fingerprint density at radius 2 is 0.837 bits per heavy atom. The van der Waals surface area contributed by atoms with Crippen LogP contribution >= 0.6 is 22.7 Å². The van der Waals surface area contributed by atoms with Crippen LogP contribution in [-0.2, 0) is 64.3 Å². The fourth-order valence-electron chi connectivity index (χ4n) is 15.7. The van der Waals surface area contributed by atoms with Gasteiger partial charge in [-0.05, 0) is 246 Å². The normalized spacial score (nSPS) is 11.7. The van der Waals surface area contributed by atoms with Crippen molar-refractivity contribution in [3.8, 4) is 96.0 Å². The summed E-state index contributed by atoms with van der Waals surface area (Å²) in [4.78, 5) is 14.9. The summed E-state index contributed by atoms with van der Waals surface area (Å²) < 4.78 is 60.2. The Labute approximate surface area is 847 Å². The minimum absolute atomic E-state index is 0.0317. The van der Waals surface area contributed by atoms with E-state index in [1.54, 1.807) is 101 Å². The van der Waals surface area contributed by atoms with E-state index in [9.17, 15) is 23.4 Å². The molecule has 16 rings (SSSR count). The van der Waals surface area contributed by atoms with Gasteiger partial charge in [0.2, 0.25) is 5.89 Å². The first-order chi connectivity index (χ1) is 66.0. The van der Waals surface area contributed by atoms with Crippen molar-refractivity contribution in [2.45, 2.75) is 265 Å². The Morgan fingerprint density at radius 3 is 1.22 bits per heavy atom. The average Bonchev–Trinajstić information content (AvgIpc) is 1.07. The summed E-state index contributed by atoms with van der Waals surface area (Å²) in [5.41, 5.74) is 23.8. The van der Waals surface area contributed by atoms with Gasteiger partial charge in [0, 0.05) is 62.4 Å². The van der Waals surface area contributed by atoms with Crippen LogP contribution in [0.4, 0.5) is 13.2 Å². The summed E-state index contributed by atoms with van der Waals surface area (Å²) in [5, 5.41) is 39.7. The Kier molecular flexibility index (Phi) is 39.8. The molecule has 7 aromatic heterocycles. The summed E-state index contributed by atoms with van der Waals surface area (Å²) in [5.74, 6) is -0.330. The van der Waals surface area contributed by atoms with Crippen molar-refractivity contribution in [2.75, 3.05) is 0 Å². The first-order valence-electron chi connectivity index (χ1n) is 49.1. The molecule has 9 aromatic carbocycles. The third-order valence-electron chi connectivity index (χ3n) is 21.8. The van der Waals surface area contributed by atoms with E-state index in [1.807, 2.05) is 79.3 Å². The first-order valence-corrected chi connectivity index (χ1v) is 50.8. The second kappa shape index (κ2) is 49.9. The van der Waals surface area contributed by atoms with Gasteiger partial charge < -0.3 is 23.5 Å².